The van der Waals surface area contributed by atoms with Gasteiger partial charge in [-0.2, -0.15) is 0 Å². The molecule has 0 atom stereocenters. The van der Waals surface area contributed by atoms with Crippen LogP contribution < -0.4 is 4.90 Å². The zero-order valence-electron chi connectivity index (χ0n) is 13.4. The van der Waals surface area contributed by atoms with E-state index in [9.17, 15) is 8.42 Å². The molecule has 1 aliphatic heterocycles. The van der Waals surface area contributed by atoms with Crippen LogP contribution in [0, 0.1) is 0 Å². The molecule has 124 valence electrons. The van der Waals surface area contributed by atoms with Crippen molar-refractivity contribution in [2.24, 2.45) is 0 Å². The SMILES string of the molecule is CCS(=O)(=O)N(C)C1CCN(c2ccc3nccnc3n2)CC1. The molecule has 0 aliphatic carbocycles. The van der Waals surface area contributed by atoms with Crippen LogP contribution in [-0.2, 0) is 10.0 Å². The average Bonchev–Trinajstić information content (AvgIpc) is 2.60. The minimum absolute atomic E-state index is 0.0662. The van der Waals surface area contributed by atoms with Crippen molar-refractivity contribution in [3.05, 3.63) is 24.5 Å². The van der Waals surface area contributed by atoms with Gasteiger partial charge in [0.05, 0.1) is 5.75 Å². The molecule has 7 nitrogen and oxygen atoms in total. The van der Waals surface area contributed by atoms with E-state index in [0.29, 0.717) is 5.65 Å². The van der Waals surface area contributed by atoms with Crippen molar-refractivity contribution in [3.8, 4) is 0 Å². The summed E-state index contributed by atoms with van der Waals surface area (Å²) >= 11 is 0. The van der Waals surface area contributed by atoms with Gasteiger partial charge in [-0.15, -0.1) is 0 Å². The van der Waals surface area contributed by atoms with Gasteiger partial charge >= 0.3 is 0 Å². The average molecular weight is 335 g/mol. The Bertz CT molecular complexity index is 787. The van der Waals surface area contributed by atoms with Crippen LogP contribution in [0.25, 0.3) is 11.2 Å². The number of hydrogen-bond acceptors (Lipinski definition) is 6. The monoisotopic (exact) mass is 335 g/mol. The molecule has 1 saturated heterocycles. The molecule has 0 spiro atoms. The largest absolute Gasteiger partial charge is 0.356 e. The van der Waals surface area contributed by atoms with Crippen LogP contribution in [0.15, 0.2) is 24.5 Å². The smallest absolute Gasteiger partial charge is 0.213 e. The van der Waals surface area contributed by atoms with Crippen LogP contribution in [0.2, 0.25) is 0 Å². The summed E-state index contributed by atoms with van der Waals surface area (Å²) in [5.74, 6) is 1.02. The van der Waals surface area contributed by atoms with Crippen molar-refractivity contribution in [2.45, 2.75) is 25.8 Å². The Morgan fingerprint density at radius 2 is 1.91 bits per heavy atom. The predicted molar refractivity (Wildman–Crippen MR) is 89.8 cm³/mol. The standard InChI is InChI=1S/C15H21N5O2S/c1-3-23(21,22)19(2)12-6-10-20(11-7-12)14-5-4-13-15(18-14)17-9-8-16-13/h4-5,8-9,12H,3,6-7,10-11H2,1-2H3. The van der Waals surface area contributed by atoms with Gasteiger partial charge in [-0.3, -0.25) is 4.98 Å². The van der Waals surface area contributed by atoms with Crippen molar-refractivity contribution >= 4 is 27.0 Å². The molecular weight excluding hydrogens is 314 g/mol. The van der Waals surface area contributed by atoms with E-state index in [1.807, 2.05) is 12.1 Å². The molecule has 2 aromatic rings. The van der Waals surface area contributed by atoms with Crippen LogP contribution in [0.3, 0.4) is 0 Å². The quantitative estimate of drug-likeness (QED) is 0.837. The Morgan fingerprint density at radius 3 is 2.61 bits per heavy atom. The van der Waals surface area contributed by atoms with Crippen LogP contribution >= 0.6 is 0 Å². The molecule has 1 aliphatic rings. The van der Waals surface area contributed by atoms with E-state index in [0.717, 1.165) is 37.3 Å². The number of piperidine rings is 1. The third-order valence-corrected chi connectivity index (χ3v) is 6.33. The van der Waals surface area contributed by atoms with Crippen molar-refractivity contribution in [1.29, 1.82) is 0 Å². The summed E-state index contributed by atoms with van der Waals surface area (Å²) in [4.78, 5) is 15.2. The summed E-state index contributed by atoms with van der Waals surface area (Å²) in [5, 5.41) is 0. The molecule has 0 bridgehead atoms. The van der Waals surface area contributed by atoms with E-state index in [1.165, 1.54) is 4.31 Å². The highest BCUT2D eigenvalue weighted by atomic mass is 32.2. The molecule has 8 heteroatoms. The number of sulfonamides is 1. The van der Waals surface area contributed by atoms with Crippen molar-refractivity contribution in [2.75, 3.05) is 30.8 Å². The van der Waals surface area contributed by atoms with E-state index in [4.69, 9.17) is 0 Å². The van der Waals surface area contributed by atoms with Gasteiger partial charge in [0.15, 0.2) is 5.65 Å². The van der Waals surface area contributed by atoms with E-state index in [-0.39, 0.29) is 11.8 Å². The Labute approximate surface area is 136 Å². The Balaban J connectivity index is 1.70. The predicted octanol–water partition coefficient (Wildman–Crippen LogP) is 1.28. The molecule has 0 N–H and O–H groups in total. The van der Waals surface area contributed by atoms with Gasteiger partial charge in [-0.1, -0.05) is 0 Å². The van der Waals surface area contributed by atoms with Crippen LogP contribution in [0.4, 0.5) is 5.82 Å². The minimum Gasteiger partial charge on any atom is -0.356 e. The molecule has 23 heavy (non-hydrogen) atoms. The van der Waals surface area contributed by atoms with Crippen molar-refractivity contribution in [3.63, 3.8) is 0 Å². The first-order chi connectivity index (χ1) is 11.0. The van der Waals surface area contributed by atoms with Crippen LogP contribution in [0.1, 0.15) is 19.8 Å². The van der Waals surface area contributed by atoms with Gasteiger partial charge in [-0.25, -0.2) is 22.7 Å². The molecule has 0 unspecified atom stereocenters. The molecule has 0 amide bonds. The molecular formula is C15H21N5O2S. The Hall–Kier alpha value is -1.80. The lowest BCUT2D eigenvalue weighted by Gasteiger charge is -2.36. The lowest BCUT2D eigenvalue weighted by molar-refractivity contribution is 0.312. The first kappa shape index (κ1) is 16.1. The summed E-state index contributed by atoms with van der Waals surface area (Å²) in [6.07, 6.45) is 4.89. The normalized spacial score (nSPS) is 17.1. The summed E-state index contributed by atoms with van der Waals surface area (Å²) in [7, 11) is -1.44. The number of aromatic nitrogens is 3. The third-order valence-electron chi connectivity index (χ3n) is 4.42. The maximum atomic E-state index is 12.0. The fraction of sp³-hybridized carbons (Fsp3) is 0.533. The number of pyridine rings is 1. The maximum absolute atomic E-state index is 12.0. The second-order valence-electron chi connectivity index (χ2n) is 5.70. The minimum atomic E-state index is -3.13. The van der Waals surface area contributed by atoms with Gasteiger partial charge in [-0.05, 0) is 31.9 Å². The van der Waals surface area contributed by atoms with E-state index in [2.05, 4.69) is 19.9 Å². The third kappa shape index (κ3) is 3.28. The zero-order valence-corrected chi connectivity index (χ0v) is 14.2. The molecule has 0 radical (unpaired) electrons. The molecule has 0 saturated carbocycles. The van der Waals surface area contributed by atoms with Gasteiger partial charge in [0.1, 0.15) is 11.3 Å². The van der Waals surface area contributed by atoms with Gasteiger partial charge in [0, 0.05) is 38.6 Å². The number of fused-ring (bicyclic) bond motifs is 1. The lowest BCUT2D eigenvalue weighted by atomic mass is 10.1. The van der Waals surface area contributed by atoms with Crippen molar-refractivity contribution in [1.82, 2.24) is 19.3 Å². The van der Waals surface area contributed by atoms with E-state index >= 15 is 0 Å². The first-order valence-corrected chi connectivity index (χ1v) is 9.40. The Kier molecular flexibility index (Phi) is 4.45. The van der Waals surface area contributed by atoms with Crippen molar-refractivity contribution < 1.29 is 8.42 Å². The second kappa shape index (κ2) is 6.37. The van der Waals surface area contributed by atoms with Crippen LogP contribution in [0.5, 0.6) is 0 Å². The fourth-order valence-electron chi connectivity index (χ4n) is 2.91. The van der Waals surface area contributed by atoms with Gasteiger partial charge < -0.3 is 4.90 Å². The van der Waals surface area contributed by atoms with Gasteiger partial charge in [0.2, 0.25) is 10.0 Å². The summed E-state index contributed by atoms with van der Waals surface area (Å²) < 4.78 is 25.5. The summed E-state index contributed by atoms with van der Waals surface area (Å²) in [6.45, 7) is 3.25. The number of anilines is 1. The highest BCUT2D eigenvalue weighted by Crippen LogP contribution is 2.23. The molecule has 2 aromatic heterocycles. The Morgan fingerprint density at radius 1 is 1.22 bits per heavy atom. The van der Waals surface area contributed by atoms with E-state index < -0.39 is 10.0 Å². The summed E-state index contributed by atoms with van der Waals surface area (Å²) in [6, 6.07) is 3.94. The second-order valence-corrected chi connectivity index (χ2v) is 8.02. The molecule has 3 heterocycles. The number of rotatable bonds is 4. The fourth-order valence-corrected chi connectivity index (χ4v) is 3.98. The molecule has 1 fully saturated rings. The zero-order chi connectivity index (χ0) is 16.4. The first-order valence-electron chi connectivity index (χ1n) is 7.79. The summed E-state index contributed by atoms with van der Waals surface area (Å²) in [5.41, 5.74) is 1.41. The number of hydrogen-bond donors (Lipinski definition) is 0. The molecule has 3 rings (SSSR count). The highest BCUT2D eigenvalue weighted by molar-refractivity contribution is 7.89. The lowest BCUT2D eigenvalue weighted by Crippen LogP contribution is -2.46. The topological polar surface area (TPSA) is 79.3 Å². The highest BCUT2D eigenvalue weighted by Gasteiger charge is 2.29. The maximum Gasteiger partial charge on any atom is 0.213 e. The molecule has 0 aromatic carbocycles. The van der Waals surface area contributed by atoms with Crippen LogP contribution in [-0.4, -0.2) is 59.6 Å². The van der Waals surface area contributed by atoms with Gasteiger partial charge in [0.25, 0.3) is 0 Å². The van der Waals surface area contributed by atoms with E-state index in [1.54, 1.807) is 26.4 Å². The number of nitrogens with zero attached hydrogens (tertiary/aromatic N) is 5.